The standard InChI is InChI=1S/C25H29N3O3S/c1-18-8-2-3-9-19(18)17-32-25-27-22-12-5-4-11-21(22)24(30)28(25)14-6-13-23(29)26-16-20-10-7-15-31-20/h2-5,8-9,11-12,20H,6-7,10,13-17H2,1H3,(H,26,29). The van der Waals surface area contributed by atoms with Gasteiger partial charge in [-0.15, -0.1) is 0 Å². The minimum atomic E-state index is -0.0531. The van der Waals surface area contributed by atoms with Gasteiger partial charge in [0, 0.05) is 31.9 Å². The molecule has 4 rings (SSSR count). The van der Waals surface area contributed by atoms with Gasteiger partial charge in [0.1, 0.15) is 0 Å². The molecule has 32 heavy (non-hydrogen) atoms. The van der Waals surface area contributed by atoms with E-state index in [-0.39, 0.29) is 17.6 Å². The van der Waals surface area contributed by atoms with Crippen molar-refractivity contribution < 1.29 is 9.53 Å². The number of nitrogens with zero attached hydrogens (tertiary/aromatic N) is 2. The molecular weight excluding hydrogens is 422 g/mol. The van der Waals surface area contributed by atoms with Crippen molar-refractivity contribution in [2.24, 2.45) is 0 Å². The van der Waals surface area contributed by atoms with Gasteiger partial charge in [0.2, 0.25) is 5.91 Å². The predicted octanol–water partition coefficient (Wildman–Crippen LogP) is 4.07. The summed E-state index contributed by atoms with van der Waals surface area (Å²) in [5.74, 6) is 0.732. The summed E-state index contributed by atoms with van der Waals surface area (Å²) in [6, 6.07) is 15.7. The van der Waals surface area contributed by atoms with E-state index in [1.807, 2.05) is 36.4 Å². The third-order valence-electron chi connectivity index (χ3n) is 5.78. The van der Waals surface area contributed by atoms with Crippen molar-refractivity contribution in [1.82, 2.24) is 14.9 Å². The van der Waals surface area contributed by atoms with Crippen molar-refractivity contribution in [2.75, 3.05) is 13.2 Å². The highest BCUT2D eigenvalue weighted by molar-refractivity contribution is 7.98. The van der Waals surface area contributed by atoms with Gasteiger partial charge in [-0.25, -0.2) is 4.98 Å². The maximum atomic E-state index is 13.2. The lowest BCUT2D eigenvalue weighted by Gasteiger charge is -2.14. The van der Waals surface area contributed by atoms with E-state index in [9.17, 15) is 9.59 Å². The Labute approximate surface area is 192 Å². The van der Waals surface area contributed by atoms with Crippen molar-refractivity contribution in [1.29, 1.82) is 0 Å². The average Bonchev–Trinajstić information content (AvgIpc) is 3.33. The number of carbonyl (C=O) groups is 1. The van der Waals surface area contributed by atoms with Crippen molar-refractivity contribution in [2.45, 2.75) is 56.2 Å². The lowest BCUT2D eigenvalue weighted by Crippen LogP contribution is -2.32. The third kappa shape index (κ3) is 5.58. The fraction of sp³-hybridized carbons (Fsp3) is 0.400. The van der Waals surface area contributed by atoms with Gasteiger partial charge in [-0.05, 0) is 49.4 Å². The maximum Gasteiger partial charge on any atom is 0.262 e. The van der Waals surface area contributed by atoms with Crippen molar-refractivity contribution in [3.05, 3.63) is 70.0 Å². The summed E-state index contributed by atoms with van der Waals surface area (Å²) in [4.78, 5) is 30.2. The molecule has 1 N–H and O–H groups in total. The van der Waals surface area contributed by atoms with Crippen LogP contribution in [0.5, 0.6) is 0 Å². The fourth-order valence-electron chi connectivity index (χ4n) is 3.89. The minimum Gasteiger partial charge on any atom is -0.376 e. The number of ether oxygens (including phenoxy) is 1. The van der Waals surface area contributed by atoms with Gasteiger partial charge in [0.15, 0.2) is 5.16 Å². The number of hydrogen-bond acceptors (Lipinski definition) is 5. The maximum absolute atomic E-state index is 13.2. The van der Waals surface area contributed by atoms with Crippen LogP contribution in [0.25, 0.3) is 10.9 Å². The van der Waals surface area contributed by atoms with Crippen LogP contribution >= 0.6 is 11.8 Å². The summed E-state index contributed by atoms with van der Waals surface area (Å²) < 4.78 is 7.27. The van der Waals surface area contributed by atoms with E-state index < -0.39 is 0 Å². The predicted molar refractivity (Wildman–Crippen MR) is 128 cm³/mol. The molecule has 7 heteroatoms. The molecule has 1 amide bonds. The highest BCUT2D eigenvalue weighted by Crippen LogP contribution is 2.24. The van der Waals surface area contributed by atoms with E-state index >= 15 is 0 Å². The van der Waals surface area contributed by atoms with Crippen LogP contribution in [-0.4, -0.2) is 34.7 Å². The summed E-state index contributed by atoms with van der Waals surface area (Å²) in [5, 5.41) is 4.25. The van der Waals surface area contributed by atoms with Crippen molar-refractivity contribution in [3.8, 4) is 0 Å². The molecule has 6 nitrogen and oxygen atoms in total. The number of carbonyl (C=O) groups excluding carboxylic acids is 1. The van der Waals surface area contributed by atoms with Crippen LogP contribution in [0, 0.1) is 6.92 Å². The Morgan fingerprint density at radius 1 is 1.22 bits per heavy atom. The molecule has 3 aromatic rings. The summed E-state index contributed by atoms with van der Waals surface area (Å²) in [7, 11) is 0. The van der Waals surface area contributed by atoms with Gasteiger partial charge in [-0.3, -0.25) is 14.2 Å². The zero-order valence-corrected chi connectivity index (χ0v) is 19.2. The van der Waals surface area contributed by atoms with Crippen LogP contribution in [-0.2, 0) is 21.8 Å². The van der Waals surface area contributed by atoms with Gasteiger partial charge in [0.05, 0.1) is 17.0 Å². The number of para-hydroxylation sites is 1. The quantitative estimate of drug-likeness (QED) is 0.392. The Bertz CT molecular complexity index is 1140. The van der Waals surface area contributed by atoms with E-state index in [0.717, 1.165) is 25.2 Å². The van der Waals surface area contributed by atoms with Crippen LogP contribution < -0.4 is 10.9 Å². The van der Waals surface area contributed by atoms with E-state index in [0.29, 0.717) is 42.0 Å². The second-order valence-electron chi connectivity index (χ2n) is 8.13. The third-order valence-corrected chi connectivity index (χ3v) is 6.81. The van der Waals surface area contributed by atoms with Crippen LogP contribution in [0.3, 0.4) is 0 Å². The molecule has 2 aromatic carbocycles. The SMILES string of the molecule is Cc1ccccc1CSc1nc2ccccc2c(=O)n1CCCC(=O)NCC1CCCO1. The van der Waals surface area contributed by atoms with Gasteiger partial charge in [-0.1, -0.05) is 48.2 Å². The Morgan fingerprint density at radius 2 is 2.03 bits per heavy atom. The van der Waals surface area contributed by atoms with Crippen molar-refractivity contribution in [3.63, 3.8) is 0 Å². The Hall–Kier alpha value is -2.64. The fourth-order valence-corrected chi connectivity index (χ4v) is 4.99. The first-order chi connectivity index (χ1) is 15.6. The van der Waals surface area contributed by atoms with Crippen LogP contribution in [0.1, 0.15) is 36.8 Å². The number of benzene rings is 2. The second-order valence-corrected chi connectivity index (χ2v) is 9.07. The molecule has 0 radical (unpaired) electrons. The lowest BCUT2D eigenvalue weighted by atomic mass is 10.1. The molecule has 1 saturated heterocycles. The van der Waals surface area contributed by atoms with E-state index in [2.05, 4.69) is 24.4 Å². The molecule has 1 atom stereocenters. The first kappa shape index (κ1) is 22.6. The molecule has 1 aliphatic rings. The van der Waals surface area contributed by atoms with E-state index in [1.165, 1.54) is 11.1 Å². The number of thioether (sulfide) groups is 1. The molecule has 168 valence electrons. The summed E-state index contributed by atoms with van der Waals surface area (Å²) in [6.45, 7) is 3.89. The molecule has 0 bridgehead atoms. The zero-order chi connectivity index (χ0) is 22.3. The Balaban J connectivity index is 1.45. The zero-order valence-electron chi connectivity index (χ0n) is 18.4. The number of nitrogens with one attached hydrogen (secondary N) is 1. The Morgan fingerprint density at radius 3 is 2.84 bits per heavy atom. The highest BCUT2D eigenvalue weighted by atomic mass is 32.2. The molecule has 0 aliphatic carbocycles. The summed E-state index contributed by atoms with van der Waals surface area (Å²) in [5.41, 5.74) is 3.09. The normalized spacial score (nSPS) is 15.8. The van der Waals surface area contributed by atoms with Gasteiger partial charge >= 0.3 is 0 Å². The topological polar surface area (TPSA) is 73.2 Å². The van der Waals surface area contributed by atoms with Crippen LogP contribution in [0.4, 0.5) is 0 Å². The highest BCUT2D eigenvalue weighted by Gasteiger charge is 2.16. The number of aromatic nitrogens is 2. The largest absolute Gasteiger partial charge is 0.376 e. The molecule has 1 aliphatic heterocycles. The number of rotatable bonds is 9. The van der Waals surface area contributed by atoms with E-state index in [1.54, 1.807) is 16.3 Å². The van der Waals surface area contributed by atoms with E-state index in [4.69, 9.17) is 9.72 Å². The summed E-state index contributed by atoms with van der Waals surface area (Å²) >= 11 is 1.56. The lowest BCUT2D eigenvalue weighted by molar-refractivity contribution is -0.121. The monoisotopic (exact) mass is 451 g/mol. The van der Waals surface area contributed by atoms with Gasteiger partial charge in [0.25, 0.3) is 5.56 Å². The smallest absolute Gasteiger partial charge is 0.262 e. The molecule has 0 spiro atoms. The molecule has 1 unspecified atom stereocenters. The number of aryl methyl sites for hydroxylation is 1. The first-order valence-electron chi connectivity index (χ1n) is 11.2. The summed E-state index contributed by atoms with van der Waals surface area (Å²) in [6.07, 6.45) is 3.14. The Kier molecular flexibility index (Phi) is 7.60. The number of amides is 1. The van der Waals surface area contributed by atoms with Crippen molar-refractivity contribution >= 4 is 28.6 Å². The molecule has 0 saturated carbocycles. The molecule has 1 fully saturated rings. The number of hydrogen-bond donors (Lipinski definition) is 1. The average molecular weight is 452 g/mol. The first-order valence-corrected chi connectivity index (χ1v) is 12.2. The minimum absolute atomic E-state index is 0.00332. The van der Waals surface area contributed by atoms with Crippen LogP contribution in [0.15, 0.2) is 58.5 Å². The molecular formula is C25H29N3O3S. The van der Waals surface area contributed by atoms with Gasteiger partial charge < -0.3 is 10.1 Å². The molecule has 1 aromatic heterocycles. The van der Waals surface area contributed by atoms with Gasteiger partial charge in [-0.2, -0.15) is 0 Å². The number of fused-ring (bicyclic) bond motifs is 1. The van der Waals surface area contributed by atoms with Crippen LogP contribution in [0.2, 0.25) is 0 Å². The molecule has 2 heterocycles. The second kappa shape index (κ2) is 10.8.